The van der Waals surface area contributed by atoms with Crippen LogP contribution in [0.5, 0.6) is 11.5 Å². The predicted molar refractivity (Wildman–Crippen MR) is 47.2 cm³/mol. The van der Waals surface area contributed by atoms with Gasteiger partial charge in [-0.1, -0.05) is 0 Å². The van der Waals surface area contributed by atoms with Gasteiger partial charge in [-0.05, 0) is 23.8 Å². The molecule has 2 rings (SSSR count). The summed E-state index contributed by atoms with van der Waals surface area (Å²) in [7, 11) is 0. The molecule has 68 valence electrons. The summed E-state index contributed by atoms with van der Waals surface area (Å²) < 4.78 is 10.3. The van der Waals surface area contributed by atoms with Gasteiger partial charge in [-0.25, -0.2) is 0 Å². The molecular formula is C9H9NO3. The lowest BCUT2D eigenvalue weighted by Crippen LogP contribution is -1.92. The third-order valence-electron chi connectivity index (χ3n) is 1.72. The minimum Gasteiger partial charge on any atom is -0.454 e. The Hall–Kier alpha value is -1.55. The van der Waals surface area contributed by atoms with Crippen molar-refractivity contribution in [1.29, 1.82) is 0 Å². The quantitative estimate of drug-likeness (QED) is 0.682. The maximum atomic E-state index is 8.47. The monoisotopic (exact) mass is 179 g/mol. The van der Waals surface area contributed by atoms with Crippen molar-refractivity contribution in [3.63, 3.8) is 0 Å². The van der Waals surface area contributed by atoms with Gasteiger partial charge in [0.1, 0.15) is 6.73 Å². The van der Waals surface area contributed by atoms with Crippen molar-refractivity contribution in [2.75, 3.05) is 13.5 Å². The summed E-state index contributed by atoms with van der Waals surface area (Å²) in [5.41, 5.74) is 0.887. The highest BCUT2D eigenvalue weighted by Gasteiger charge is 2.12. The normalized spacial score (nSPS) is 13.9. The number of aliphatic imine (C=N–C) groups is 1. The summed E-state index contributed by atoms with van der Waals surface area (Å²) in [5, 5.41) is 8.47. The summed E-state index contributed by atoms with van der Waals surface area (Å²) in [4.78, 5) is 3.70. The van der Waals surface area contributed by atoms with Crippen LogP contribution in [0.3, 0.4) is 0 Å². The summed E-state index contributed by atoms with van der Waals surface area (Å²) in [6, 6.07) is 5.50. The Morgan fingerprint density at radius 3 is 3.08 bits per heavy atom. The first kappa shape index (κ1) is 8.07. The van der Waals surface area contributed by atoms with E-state index in [0.717, 1.165) is 17.1 Å². The van der Waals surface area contributed by atoms with Gasteiger partial charge in [-0.3, -0.25) is 4.99 Å². The van der Waals surface area contributed by atoms with E-state index in [1.54, 1.807) is 6.21 Å². The van der Waals surface area contributed by atoms with Gasteiger partial charge >= 0.3 is 0 Å². The van der Waals surface area contributed by atoms with Crippen molar-refractivity contribution in [2.45, 2.75) is 0 Å². The fourth-order valence-electron chi connectivity index (χ4n) is 1.14. The number of benzene rings is 1. The highest BCUT2D eigenvalue weighted by molar-refractivity contribution is 5.80. The van der Waals surface area contributed by atoms with E-state index >= 15 is 0 Å². The van der Waals surface area contributed by atoms with Gasteiger partial charge in [0.15, 0.2) is 11.5 Å². The molecule has 0 aliphatic carbocycles. The van der Waals surface area contributed by atoms with Crippen molar-refractivity contribution in [1.82, 2.24) is 0 Å². The second-order valence-corrected chi connectivity index (χ2v) is 2.57. The van der Waals surface area contributed by atoms with Crippen molar-refractivity contribution in [3.8, 4) is 11.5 Å². The number of ether oxygens (including phenoxy) is 2. The summed E-state index contributed by atoms with van der Waals surface area (Å²) >= 11 is 0. The molecule has 0 bridgehead atoms. The molecule has 1 aromatic carbocycles. The smallest absolute Gasteiger partial charge is 0.231 e. The lowest BCUT2D eigenvalue weighted by atomic mass is 10.2. The average Bonchev–Trinajstić information content (AvgIpc) is 2.61. The molecule has 0 fully saturated rings. The van der Waals surface area contributed by atoms with Crippen LogP contribution in [0.2, 0.25) is 0 Å². The number of aliphatic hydroxyl groups excluding tert-OH is 1. The zero-order valence-electron chi connectivity index (χ0n) is 6.93. The Labute approximate surface area is 75.4 Å². The van der Waals surface area contributed by atoms with Crippen LogP contribution in [0.25, 0.3) is 0 Å². The van der Waals surface area contributed by atoms with Crippen molar-refractivity contribution in [3.05, 3.63) is 23.8 Å². The minimum absolute atomic E-state index is 0.200. The topological polar surface area (TPSA) is 51.1 Å². The van der Waals surface area contributed by atoms with Gasteiger partial charge in [0.2, 0.25) is 6.79 Å². The third kappa shape index (κ3) is 1.62. The van der Waals surface area contributed by atoms with Crippen LogP contribution in [-0.2, 0) is 0 Å². The third-order valence-corrected chi connectivity index (χ3v) is 1.72. The minimum atomic E-state index is -0.200. The molecule has 1 aliphatic heterocycles. The van der Waals surface area contributed by atoms with Crippen LogP contribution < -0.4 is 9.47 Å². The average molecular weight is 179 g/mol. The number of rotatable bonds is 2. The van der Waals surface area contributed by atoms with E-state index in [4.69, 9.17) is 14.6 Å². The molecule has 0 saturated heterocycles. The van der Waals surface area contributed by atoms with Gasteiger partial charge in [0.05, 0.1) is 0 Å². The van der Waals surface area contributed by atoms with E-state index in [2.05, 4.69) is 4.99 Å². The Morgan fingerprint density at radius 1 is 1.38 bits per heavy atom. The van der Waals surface area contributed by atoms with E-state index in [-0.39, 0.29) is 13.5 Å². The first-order valence-electron chi connectivity index (χ1n) is 3.90. The first-order valence-corrected chi connectivity index (χ1v) is 3.90. The van der Waals surface area contributed by atoms with Crippen LogP contribution in [0, 0.1) is 0 Å². The lowest BCUT2D eigenvalue weighted by Gasteiger charge is -1.96. The van der Waals surface area contributed by atoms with Gasteiger partial charge in [-0.15, -0.1) is 0 Å². The molecule has 1 heterocycles. The molecule has 0 spiro atoms. The Balaban J connectivity index is 2.25. The summed E-state index contributed by atoms with van der Waals surface area (Å²) in [6.07, 6.45) is 1.59. The highest BCUT2D eigenvalue weighted by atomic mass is 16.7. The molecule has 0 aromatic heterocycles. The van der Waals surface area contributed by atoms with Crippen LogP contribution in [0.1, 0.15) is 5.56 Å². The molecule has 1 aromatic rings. The molecule has 1 N–H and O–H groups in total. The van der Waals surface area contributed by atoms with Crippen LogP contribution in [0.15, 0.2) is 23.2 Å². The standard InChI is InChI=1S/C9H9NO3/c11-5-10-4-7-1-2-8-9(3-7)13-6-12-8/h1-4,11H,5-6H2. The first-order chi connectivity index (χ1) is 6.40. The predicted octanol–water partition coefficient (Wildman–Crippen LogP) is 0.784. The SMILES string of the molecule is OCN=Cc1ccc2c(c1)OCO2. The van der Waals surface area contributed by atoms with Gasteiger partial charge in [0.25, 0.3) is 0 Å². The molecule has 0 atom stereocenters. The second-order valence-electron chi connectivity index (χ2n) is 2.57. The van der Waals surface area contributed by atoms with Crippen molar-refractivity contribution >= 4 is 6.21 Å². The molecule has 1 aliphatic rings. The molecule has 0 amide bonds. The van der Waals surface area contributed by atoms with E-state index in [1.165, 1.54) is 0 Å². The number of hydrogen-bond acceptors (Lipinski definition) is 4. The van der Waals surface area contributed by atoms with E-state index in [9.17, 15) is 0 Å². The molecule has 0 radical (unpaired) electrons. The maximum Gasteiger partial charge on any atom is 0.231 e. The molecule has 0 unspecified atom stereocenters. The number of fused-ring (bicyclic) bond motifs is 1. The van der Waals surface area contributed by atoms with Gasteiger partial charge in [-0.2, -0.15) is 0 Å². The summed E-state index contributed by atoms with van der Waals surface area (Å²) in [6.45, 7) is 0.0738. The maximum absolute atomic E-state index is 8.47. The second kappa shape index (κ2) is 3.45. The number of aliphatic hydroxyl groups is 1. The highest BCUT2D eigenvalue weighted by Crippen LogP contribution is 2.31. The Morgan fingerprint density at radius 2 is 2.23 bits per heavy atom. The van der Waals surface area contributed by atoms with E-state index < -0.39 is 0 Å². The fourth-order valence-corrected chi connectivity index (χ4v) is 1.14. The number of nitrogens with zero attached hydrogens (tertiary/aromatic N) is 1. The van der Waals surface area contributed by atoms with E-state index in [1.807, 2.05) is 18.2 Å². The molecule has 13 heavy (non-hydrogen) atoms. The molecular weight excluding hydrogens is 170 g/mol. The fraction of sp³-hybridized carbons (Fsp3) is 0.222. The van der Waals surface area contributed by atoms with Gasteiger partial charge < -0.3 is 14.6 Å². The van der Waals surface area contributed by atoms with Crippen LogP contribution >= 0.6 is 0 Å². The lowest BCUT2D eigenvalue weighted by molar-refractivity contribution is 0.174. The zero-order valence-corrected chi connectivity index (χ0v) is 6.93. The largest absolute Gasteiger partial charge is 0.454 e. The Kier molecular flexibility index (Phi) is 2.14. The molecule has 0 saturated carbocycles. The van der Waals surface area contributed by atoms with Gasteiger partial charge in [0, 0.05) is 6.21 Å². The van der Waals surface area contributed by atoms with Crippen molar-refractivity contribution < 1.29 is 14.6 Å². The summed E-state index contributed by atoms with van der Waals surface area (Å²) in [5.74, 6) is 1.48. The van der Waals surface area contributed by atoms with Crippen molar-refractivity contribution in [2.24, 2.45) is 4.99 Å². The van der Waals surface area contributed by atoms with E-state index in [0.29, 0.717) is 0 Å². The zero-order chi connectivity index (χ0) is 9.10. The van der Waals surface area contributed by atoms with Crippen LogP contribution in [0.4, 0.5) is 0 Å². The molecule has 4 heteroatoms. The molecule has 4 nitrogen and oxygen atoms in total. The van der Waals surface area contributed by atoms with Crippen LogP contribution in [-0.4, -0.2) is 24.8 Å². The Bertz CT molecular complexity index is 336. The number of hydrogen-bond donors (Lipinski definition) is 1.